The number of benzene rings is 3. The van der Waals surface area contributed by atoms with Crippen molar-refractivity contribution < 1.29 is 9.47 Å². The molecule has 0 radical (unpaired) electrons. The van der Waals surface area contributed by atoms with Crippen LogP contribution in [-0.4, -0.2) is 31.7 Å². The van der Waals surface area contributed by atoms with Gasteiger partial charge in [-0.3, -0.25) is 4.90 Å². The number of unbranched alkanes of at least 4 members (excludes halogenated alkanes) is 1. The number of ether oxygens (including phenoxy) is 2. The molecule has 4 rings (SSSR count). The van der Waals surface area contributed by atoms with Crippen molar-refractivity contribution in [1.82, 2.24) is 4.90 Å². The highest BCUT2D eigenvalue weighted by atomic mass is 35.5. The number of hydrogen-bond acceptors (Lipinski definition) is 3. The van der Waals surface area contributed by atoms with E-state index in [1.54, 1.807) is 7.11 Å². The van der Waals surface area contributed by atoms with Gasteiger partial charge in [0, 0.05) is 13.1 Å². The van der Waals surface area contributed by atoms with Gasteiger partial charge < -0.3 is 9.47 Å². The Hall–Kier alpha value is -2.49. The molecule has 0 aromatic heterocycles. The summed E-state index contributed by atoms with van der Waals surface area (Å²) in [4.78, 5) is 2.57. The van der Waals surface area contributed by atoms with E-state index in [9.17, 15) is 0 Å². The topological polar surface area (TPSA) is 21.7 Å². The lowest BCUT2D eigenvalue weighted by Gasteiger charge is -2.28. The Balaban J connectivity index is 0.00000289. The summed E-state index contributed by atoms with van der Waals surface area (Å²) in [6, 6.07) is 25.6. The quantitative estimate of drug-likeness (QED) is 0.346. The summed E-state index contributed by atoms with van der Waals surface area (Å²) in [5, 5.41) is 0. The maximum Gasteiger partial charge on any atom is 0.122 e. The van der Waals surface area contributed by atoms with E-state index in [1.807, 2.05) is 6.07 Å². The van der Waals surface area contributed by atoms with E-state index in [1.165, 1.54) is 41.6 Å². The van der Waals surface area contributed by atoms with Crippen LogP contribution in [0.1, 0.15) is 35.1 Å². The molecule has 0 spiro atoms. The first-order valence-electron chi connectivity index (χ1n) is 11.4. The first-order chi connectivity index (χ1) is 15.3. The molecule has 1 aliphatic heterocycles. The molecule has 0 N–H and O–H groups in total. The second kappa shape index (κ2) is 12.5. The third kappa shape index (κ3) is 6.75. The molecule has 0 saturated heterocycles. The van der Waals surface area contributed by atoms with Crippen LogP contribution in [0.4, 0.5) is 0 Å². The molecule has 0 amide bonds. The van der Waals surface area contributed by atoms with Gasteiger partial charge in [-0.1, -0.05) is 54.6 Å². The number of methoxy groups -OCH3 is 1. The largest absolute Gasteiger partial charge is 0.497 e. The zero-order chi connectivity index (χ0) is 21.3. The van der Waals surface area contributed by atoms with Crippen molar-refractivity contribution in [3.63, 3.8) is 0 Å². The Labute approximate surface area is 198 Å². The van der Waals surface area contributed by atoms with Crippen molar-refractivity contribution >= 4 is 12.4 Å². The number of para-hydroxylation sites is 1. The van der Waals surface area contributed by atoms with Gasteiger partial charge in [-0.25, -0.2) is 0 Å². The highest BCUT2D eigenvalue weighted by molar-refractivity contribution is 5.85. The van der Waals surface area contributed by atoms with Crippen LogP contribution in [-0.2, 0) is 25.8 Å². The summed E-state index contributed by atoms with van der Waals surface area (Å²) >= 11 is 0. The van der Waals surface area contributed by atoms with Crippen molar-refractivity contribution in [2.45, 2.75) is 38.6 Å². The number of fused-ring (bicyclic) bond motifs is 1. The van der Waals surface area contributed by atoms with Gasteiger partial charge in [-0.15, -0.1) is 12.4 Å². The van der Waals surface area contributed by atoms with Gasteiger partial charge >= 0.3 is 0 Å². The smallest absolute Gasteiger partial charge is 0.122 e. The molecule has 1 aliphatic rings. The Morgan fingerprint density at radius 1 is 0.844 bits per heavy atom. The highest BCUT2D eigenvalue weighted by Crippen LogP contribution is 2.22. The zero-order valence-corrected chi connectivity index (χ0v) is 19.8. The van der Waals surface area contributed by atoms with E-state index in [0.717, 1.165) is 50.5 Å². The van der Waals surface area contributed by atoms with E-state index in [-0.39, 0.29) is 12.4 Å². The molecule has 3 nitrogen and oxygen atoms in total. The SMILES string of the molecule is COc1cccc(CCc2ccccc2OCCCCN2CCc3ccccc3C2)c1.Cl. The van der Waals surface area contributed by atoms with Crippen LogP contribution >= 0.6 is 12.4 Å². The van der Waals surface area contributed by atoms with E-state index in [4.69, 9.17) is 9.47 Å². The second-order valence-electron chi connectivity index (χ2n) is 8.31. The molecule has 1 heterocycles. The number of rotatable bonds is 10. The molecule has 0 aliphatic carbocycles. The number of nitrogens with zero attached hydrogens (tertiary/aromatic N) is 1. The molecule has 3 aromatic carbocycles. The standard InChI is InChI=1S/C28H33NO2.ClH/c1-30-27-13-8-9-23(21-27)15-16-25-11-4-5-14-28(25)31-20-7-6-18-29-19-17-24-10-2-3-12-26(24)22-29;/h2-5,8-14,21H,6-7,15-20,22H2,1H3;1H. The average Bonchev–Trinajstić information content (AvgIpc) is 2.83. The Kier molecular flexibility index (Phi) is 9.45. The van der Waals surface area contributed by atoms with E-state index < -0.39 is 0 Å². The van der Waals surface area contributed by atoms with Crippen LogP contribution in [0.3, 0.4) is 0 Å². The third-order valence-electron chi connectivity index (χ3n) is 6.13. The number of halogens is 1. The fraction of sp³-hybridized carbons (Fsp3) is 0.357. The van der Waals surface area contributed by atoms with Crippen LogP contribution in [0.2, 0.25) is 0 Å². The fourth-order valence-corrected chi connectivity index (χ4v) is 4.32. The molecular weight excluding hydrogens is 418 g/mol. The Bertz CT molecular complexity index is 975. The number of aryl methyl sites for hydroxylation is 2. The minimum absolute atomic E-state index is 0. The summed E-state index contributed by atoms with van der Waals surface area (Å²) in [6.07, 6.45) is 5.38. The van der Waals surface area contributed by atoms with Crippen molar-refractivity contribution in [1.29, 1.82) is 0 Å². The number of hydrogen-bond donors (Lipinski definition) is 0. The van der Waals surface area contributed by atoms with Crippen molar-refractivity contribution in [2.75, 3.05) is 26.8 Å². The normalized spacial score (nSPS) is 13.2. The first kappa shape index (κ1) is 24.2. The predicted octanol–water partition coefficient (Wildman–Crippen LogP) is 6.12. The molecule has 0 bridgehead atoms. The van der Waals surface area contributed by atoms with Gasteiger partial charge in [0.05, 0.1) is 13.7 Å². The van der Waals surface area contributed by atoms with Crippen LogP contribution < -0.4 is 9.47 Å². The lowest BCUT2D eigenvalue weighted by Crippen LogP contribution is -2.31. The lowest BCUT2D eigenvalue weighted by atomic mass is 10.00. The molecule has 0 saturated carbocycles. The summed E-state index contributed by atoms with van der Waals surface area (Å²) in [5.41, 5.74) is 5.58. The molecular formula is C28H34ClNO2. The van der Waals surface area contributed by atoms with Gasteiger partial charge in [0.25, 0.3) is 0 Å². The summed E-state index contributed by atoms with van der Waals surface area (Å²) in [7, 11) is 1.71. The van der Waals surface area contributed by atoms with Crippen LogP contribution in [0, 0.1) is 0 Å². The summed E-state index contributed by atoms with van der Waals surface area (Å²) in [5.74, 6) is 1.94. The van der Waals surface area contributed by atoms with Gasteiger partial charge in [-0.2, -0.15) is 0 Å². The lowest BCUT2D eigenvalue weighted by molar-refractivity contribution is 0.234. The maximum absolute atomic E-state index is 6.17. The fourth-order valence-electron chi connectivity index (χ4n) is 4.32. The van der Waals surface area contributed by atoms with Crippen molar-refractivity contribution in [3.8, 4) is 11.5 Å². The van der Waals surface area contributed by atoms with Gasteiger partial charge in [-0.05, 0) is 79.1 Å². The van der Waals surface area contributed by atoms with Gasteiger partial charge in [0.2, 0.25) is 0 Å². The Morgan fingerprint density at radius 2 is 1.66 bits per heavy atom. The maximum atomic E-state index is 6.17. The minimum atomic E-state index is 0. The van der Waals surface area contributed by atoms with Crippen LogP contribution in [0.25, 0.3) is 0 Å². The van der Waals surface area contributed by atoms with Crippen molar-refractivity contribution in [3.05, 3.63) is 95.1 Å². The van der Waals surface area contributed by atoms with E-state index >= 15 is 0 Å². The predicted molar refractivity (Wildman–Crippen MR) is 134 cm³/mol. The molecule has 170 valence electrons. The first-order valence-corrected chi connectivity index (χ1v) is 11.4. The van der Waals surface area contributed by atoms with Crippen LogP contribution in [0.5, 0.6) is 11.5 Å². The van der Waals surface area contributed by atoms with Crippen LogP contribution in [0.15, 0.2) is 72.8 Å². The third-order valence-corrected chi connectivity index (χ3v) is 6.13. The second-order valence-corrected chi connectivity index (χ2v) is 8.31. The average molecular weight is 452 g/mol. The molecule has 0 atom stereocenters. The van der Waals surface area contributed by atoms with E-state index in [2.05, 4.69) is 71.6 Å². The van der Waals surface area contributed by atoms with Crippen molar-refractivity contribution in [2.24, 2.45) is 0 Å². The highest BCUT2D eigenvalue weighted by Gasteiger charge is 2.14. The van der Waals surface area contributed by atoms with E-state index in [0.29, 0.717) is 0 Å². The molecule has 0 fully saturated rings. The zero-order valence-electron chi connectivity index (χ0n) is 19.0. The molecule has 3 aromatic rings. The van der Waals surface area contributed by atoms with Gasteiger partial charge in [0.1, 0.15) is 11.5 Å². The minimum Gasteiger partial charge on any atom is -0.497 e. The monoisotopic (exact) mass is 451 g/mol. The molecule has 32 heavy (non-hydrogen) atoms. The van der Waals surface area contributed by atoms with Gasteiger partial charge in [0.15, 0.2) is 0 Å². The summed E-state index contributed by atoms with van der Waals surface area (Å²) in [6.45, 7) is 4.19. The summed E-state index contributed by atoms with van der Waals surface area (Å²) < 4.78 is 11.5. The Morgan fingerprint density at radius 3 is 2.53 bits per heavy atom. The molecule has 4 heteroatoms. The molecule has 0 unspecified atom stereocenters.